The van der Waals surface area contributed by atoms with Gasteiger partial charge in [-0.1, -0.05) is 27.7 Å². The van der Waals surface area contributed by atoms with Crippen molar-refractivity contribution in [2.24, 2.45) is 34.0 Å². The quantitative estimate of drug-likeness (QED) is 0.0740. The van der Waals surface area contributed by atoms with E-state index in [1.165, 1.54) is 11.8 Å². The Morgan fingerprint density at radius 2 is 1.43 bits per heavy atom. The van der Waals surface area contributed by atoms with Gasteiger partial charge in [0.05, 0.1) is 6.04 Å². The molecule has 0 aliphatic heterocycles. The molecular formula is C22H43N7O5S. The summed E-state index contributed by atoms with van der Waals surface area (Å²) in [6.07, 6.45) is 2.98. The Morgan fingerprint density at radius 1 is 0.886 bits per heavy atom. The first kappa shape index (κ1) is 32.5. The predicted molar refractivity (Wildman–Crippen MR) is 139 cm³/mol. The second-order valence-electron chi connectivity index (χ2n) is 9.15. The fraction of sp³-hybridized carbons (Fsp3) is 0.773. The minimum absolute atomic E-state index is 0.0322. The van der Waals surface area contributed by atoms with Crippen LogP contribution in [0, 0.1) is 11.8 Å². The molecule has 13 heteroatoms. The monoisotopic (exact) mass is 517 g/mol. The molecule has 0 aromatic rings. The first-order valence-corrected chi connectivity index (χ1v) is 13.1. The minimum Gasteiger partial charge on any atom is -0.480 e. The summed E-state index contributed by atoms with van der Waals surface area (Å²) < 4.78 is 0. The van der Waals surface area contributed by atoms with Crippen LogP contribution in [0.25, 0.3) is 0 Å². The number of carboxylic acid groups (broad SMARTS) is 1. The first-order valence-electron chi connectivity index (χ1n) is 11.7. The lowest BCUT2D eigenvalue weighted by Crippen LogP contribution is -2.57. The molecule has 35 heavy (non-hydrogen) atoms. The Morgan fingerprint density at radius 3 is 1.91 bits per heavy atom. The standard InChI is InChI=1S/C22H43N7O5S/c1-12(2)11-16(19(31)28-15(21(33)34)8-10-35-5)29-18(30)14(7-6-9-26-22(24)25)27-20(32)17(23)13(3)4/h12-17H,6-11,23H2,1-5H3,(H,27,32)(H,28,31)(H,29,30)(H,33,34)(H4,24,25,26). The zero-order chi connectivity index (χ0) is 27.1. The van der Waals surface area contributed by atoms with Gasteiger partial charge in [0.1, 0.15) is 18.1 Å². The van der Waals surface area contributed by atoms with Crippen LogP contribution in [0.1, 0.15) is 53.4 Å². The van der Waals surface area contributed by atoms with Crippen LogP contribution in [0.15, 0.2) is 4.99 Å². The van der Waals surface area contributed by atoms with Gasteiger partial charge in [0.15, 0.2) is 5.96 Å². The lowest BCUT2D eigenvalue weighted by atomic mass is 10.0. The smallest absolute Gasteiger partial charge is 0.326 e. The molecule has 0 aromatic heterocycles. The van der Waals surface area contributed by atoms with Crippen molar-refractivity contribution in [1.29, 1.82) is 0 Å². The number of hydrogen-bond acceptors (Lipinski definition) is 7. The van der Waals surface area contributed by atoms with Crippen LogP contribution in [0.3, 0.4) is 0 Å². The highest BCUT2D eigenvalue weighted by Crippen LogP contribution is 2.09. The predicted octanol–water partition coefficient (Wildman–Crippen LogP) is -0.638. The molecule has 10 N–H and O–H groups in total. The maximum Gasteiger partial charge on any atom is 0.326 e. The molecule has 4 unspecified atom stereocenters. The summed E-state index contributed by atoms with van der Waals surface area (Å²) in [6, 6.07) is -3.84. The van der Waals surface area contributed by atoms with Gasteiger partial charge in [-0.05, 0) is 49.5 Å². The Bertz CT molecular complexity index is 729. The molecular weight excluding hydrogens is 474 g/mol. The molecule has 0 bridgehead atoms. The molecule has 0 aliphatic rings. The number of guanidine groups is 1. The molecule has 0 rings (SSSR count). The molecule has 0 saturated heterocycles. The zero-order valence-electron chi connectivity index (χ0n) is 21.4. The number of nitrogens with one attached hydrogen (secondary N) is 3. The normalized spacial score (nSPS) is 14.5. The average Bonchev–Trinajstić information content (AvgIpc) is 2.76. The van der Waals surface area contributed by atoms with Crippen molar-refractivity contribution in [3.8, 4) is 0 Å². The third-order valence-corrected chi connectivity index (χ3v) is 5.81. The van der Waals surface area contributed by atoms with Crippen molar-refractivity contribution in [3.63, 3.8) is 0 Å². The van der Waals surface area contributed by atoms with Crippen LogP contribution in [0.2, 0.25) is 0 Å². The van der Waals surface area contributed by atoms with Crippen molar-refractivity contribution >= 4 is 41.4 Å². The summed E-state index contributed by atoms with van der Waals surface area (Å²) >= 11 is 1.47. The highest BCUT2D eigenvalue weighted by atomic mass is 32.2. The lowest BCUT2D eigenvalue weighted by Gasteiger charge is -2.26. The van der Waals surface area contributed by atoms with E-state index in [1.54, 1.807) is 13.8 Å². The number of nitrogens with zero attached hydrogens (tertiary/aromatic N) is 1. The van der Waals surface area contributed by atoms with Crippen molar-refractivity contribution < 1.29 is 24.3 Å². The summed E-state index contributed by atoms with van der Waals surface area (Å²) in [4.78, 5) is 54.0. The fourth-order valence-electron chi connectivity index (χ4n) is 3.08. The maximum absolute atomic E-state index is 13.1. The van der Waals surface area contributed by atoms with E-state index >= 15 is 0 Å². The van der Waals surface area contributed by atoms with Crippen LogP contribution >= 0.6 is 11.8 Å². The summed E-state index contributed by atoms with van der Waals surface area (Å²) in [5.74, 6) is -2.44. The molecule has 0 spiro atoms. The number of carbonyl (C=O) groups excluding carboxylic acids is 3. The van der Waals surface area contributed by atoms with Crippen LogP contribution < -0.4 is 33.2 Å². The van der Waals surface area contributed by atoms with Gasteiger partial charge in [-0.2, -0.15) is 11.8 Å². The molecule has 4 atom stereocenters. The number of aliphatic imine (C=N–C) groups is 1. The van der Waals surface area contributed by atoms with E-state index in [4.69, 9.17) is 17.2 Å². The number of carboxylic acids is 1. The number of nitrogens with two attached hydrogens (primary N) is 3. The average molecular weight is 518 g/mol. The Balaban J connectivity index is 5.57. The molecule has 0 radical (unpaired) electrons. The fourth-order valence-corrected chi connectivity index (χ4v) is 3.56. The Labute approximate surface area is 212 Å². The highest BCUT2D eigenvalue weighted by Gasteiger charge is 2.30. The number of hydrogen-bond donors (Lipinski definition) is 7. The SMILES string of the molecule is CSCCC(NC(=O)C(CC(C)C)NC(=O)C(CCCN=C(N)N)NC(=O)C(N)C(C)C)C(=O)O. The molecule has 0 heterocycles. The molecule has 12 nitrogen and oxygen atoms in total. The van der Waals surface area contributed by atoms with Crippen molar-refractivity contribution in [2.75, 3.05) is 18.6 Å². The lowest BCUT2D eigenvalue weighted by molar-refractivity contribution is -0.142. The van der Waals surface area contributed by atoms with E-state index in [2.05, 4.69) is 20.9 Å². The Hall–Kier alpha value is -2.54. The van der Waals surface area contributed by atoms with Gasteiger partial charge >= 0.3 is 5.97 Å². The van der Waals surface area contributed by atoms with Gasteiger partial charge in [0, 0.05) is 6.54 Å². The van der Waals surface area contributed by atoms with Gasteiger partial charge in [-0.15, -0.1) is 0 Å². The summed E-state index contributed by atoms with van der Waals surface area (Å²) in [5.41, 5.74) is 16.6. The third-order valence-electron chi connectivity index (χ3n) is 5.16. The second kappa shape index (κ2) is 17.0. The van der Waals surface area contributed by atoms with Crippen LogP contribution in [0.4, 0.5) is 0 Å². The van der Waals surface area contributed by atoms with E-state index in [0.717, 1.165) is 0 Å². The number of aliphatic carboxylic acids is 1. The van der Waals surface area contributed by atoms with Crippen molar-refractivity contribution in [1.82, 2.24) is 16.0 Å². The molecule has 202 valence electrons. The number of carbonyl (C=O) groups is 4. The van der Waals surface area contributed by atoms with Gasteiger partial charge in [-0.25, -0.2) is 4.79 Å². The van der Waals surface area contributed by atoms with Gasteiger partial charge in [0.2, 0.25) is 17.7 Å². The van der Waals surface area contributed by atoms with E-state index < -0.39 is 47.9 Å². The molecule has 3 amide bonds. The van der Waals surface area contributed by atoms with E-state index in [9.17, 15) is 24.3 Å². The topological polar surface area (TPSA) is 215 Å². The van der Waals surface area contributed by atoms with Crippen LogP contribution in [-0.4, -0.2) is 77.5 Å². The number of rotatable bonds is 17. The Kier molecular flexibility index (Phi) is 15.7. The van der Waals surface area contributed by atoms with Crippen molar-refractivity contribution in [2.45, 2.75) is 77.5 Å². The molecule has 0 fully saturated rings. The summed E-state index contributed by atoms with van der Waals surface area (Å²) in [7, 11) is 0. The van der Waals surface area contributed by atoms with Crippen LogP contribution in [-0.2, 0) is 19.2 Å². The van der Waals surface area contributed by atoms with E-state index in [-0.39, 0.29) is 43.6 Å². The molecule has 0 aromatic carbocycles. The highest BCUT2D eigenvalue weighted by molar-refractivity contribution is 7.98. The van der Waals surface area contributed by atoms with Gasteiger partial charge in [0.25, 0.3) is 0 Å². The molecule has 0 saturated carbocycles. The summed E-state index contributed by atoms with van der Waals surface area (Å²) in [6.45, 7) is 7.59. The first-order chi connectivity index (χ1) is 16.3. The second-order valence-corrected chi connectivity index (χ2v) is 10.1. The summed E-state index contributed by atoms with van der Waals surface area (Å²) in [5, 5.41) is 17.3. The minimum atomic E-state index is -1.14. The van der Waals surface area contributed by atoms with E-state index in [0.29, 0.717) is 12.2 Å². The number of thioether (sulfide) groups is 1. The number of amides is 3. The van der Waals surface area contributed by atoms with Gasteiger partial charge < -0.3 is 38.3 Å². The maximum atomic E-state index is 13.1. The largest absolute Gasteiger partial charge is 0.480 e. The zero-order valence-corrected chi connectivity index (χ0v) is 22.2. The van der Waals surface area contributed by atoms with Crippen molar-refractivity contribution in [3.05, 3.63) is 0 Å². The van der Waals surface area contributed by atoms with Crippen LogP contribution in [0.5, 0.6) is 0 Å². The third kappa shape index (κ3) is 13.8. The van der Waals surface area contributed by atoms with Gasteiger partial charge in [-0.3, -0.25) is 19.4 Å². The van der Waals surface area contributed by atoms with E-state index in [1.807, 2.05) is 20.1 Å². The molecule has 0 aliphatic carbocycles.